The molecule has 0 fully saturated rings. The molecule has 0 amide bonds. The van der Waals surface area contributed by atoms with Crippen molar-refractivity contribution in [3.05, 3.63) is 29.8 Å². The van der Waals surface area contributed by atoms with E-state index in [4.69, 9.17) is 16.6 Å². The average Bonchev–Trinajstić information content (AvgIpc) is 2.34. The van der Waals surface area contributed by atoms with Gasteiger partial charge in [-0.1, -0.05) is 12.0 Å². The lowest BCUT2D eigenvalue weighted by Crippen LogP contribution is -2.26. The lowest BCUT2D eigenvalue weighted by Gasteiger charge is -2.21. The van der Waals surface area contributed by atoms with Crippen molar-refractivity contribution >= 4 is 17.6 Å². The van der Waals surface area contributed by atoms with Crippen molar-refractivity contribution in [1.29, 1.82) is 0 Å². The predicted octanol–water partition coefficient (Wildman–Crippen LogP) is 1.30. The number of nitrogens with zero attached hydrogens (tertiary/aromatic N) is 1. The van der Waals surface area contributed by atoms with Crippen LogP contribution in [0.5, 0.6) is 0 Å². The van der Waals surface area contributed by atoms with Crippen LogP contribution in [0.1, 0.15) is 16.8 Å². The lowest BCUT2D eigenvalue weighted by atomic mass is 10.2. The second-order valence-electron chi connectivity index (χ2n) is 3.62. The molecule has 2 N–H and O–H groups in total. The van der Waals surface area contributed by atoms with Crippen LogP contribution in [-0.4, -0.2) is 35.2 Å². The van der Waals surface area contributed by atoms with Crippen molar-refractivity contribution in [2.75, 3.05) is 18.0 Å². The summed E-state index contributed by atoms with van der Waals surface area (Å²) < 4.78 is 0. The summed E-state index contributed by atoms with van der Waals surface area (Å²) in [5, 5.41) is 17.5. The van der Waals surface area contributed by atoms with Crippen molar-refractivity contribution in [3.63, 3.8) is 0 Å². The van der Waals surface area contributed by atoms with Gasteiger partial charge in [-0.25, -0.2) is 4.79 Å². The van der Waals surface area contributed by atoms with Gasteiger partial charge in [0.05, 0.1) is 18.5 Å². The number of carboxylic acids is 2. The summed E-state index contributed by atoms with van der Waals surface area (Å²) in [6, 6.07) is 6.24. The molecule has 94 valence electrons. The van der Waals surface area contributed by atoms with E-state index in [0.717, 1.165) is 0 Å². The molecule has 5 heteroatoms. The molecule has 0 aliphatic heterocycles. The third kappa shape index (κ3) is 3.83. The van der Waals surface area contributed by atoms with Gasteiger partial charge in [0.15, 0.2) is 0 Å². The molecule has 0 bridgehead atoms. The zero-order valence-electron chi connectivity index (χ0n) is 9.67. The van der Waals surface area contributed by atoms with E-state index in [9.17, 15) is 9.59 Å². The Morgan fingerprint density at radius 3 is 2.61 bits per heavy atom. The van der Waals surface area contributed by atoms with E-state index in [1.165, 1.54) is 12.1 Å². The highest BCUT2D eigenvalue weighted by molar-refractivity contribution is 5.88. The smallest absolute Gasteiger partial charge is 0.335 e. The Hall–Kier alpha value is -2.48. The molecule has 0 unspecified atom stereocenters. The molecular weight excluding hydrogens is 234 g/mol. The minimum absolute atomic E-state index is 0.0566. The van der Waals surface area contributed by atoms with Crippen LogP contribution in [0.15, 0.2) is 24.3 Å². The number of carbonyl (C=O) groups is 2. The highest BCUT2D eigenvalue weighted by Gasteiger charge is 2.10. The molecule has 0 aliphatic rings. The highest BCUT2D eigenvalue weighted by Crippen LogP contribution is 2.16. The molecule has 0 aliphatic carbocycles. The van der Waals surface area contributed by atoms with Crippen molar-refractivity contribution < 1.29 is 19.8 Å². The van der Waals surface area contributed by atoms with Gasteiger partial charge in [0, 0.05) is 12.2 Å². The van der Waals surface area contributed by atoms with E-state index in [1.54, 1.807) is 17.0 Å². The van der Waals surface area contributed by atoms with Gasteiger partial charge in [0.1, 0.15) is 0 Å². The molecule has 0 aromatic heterocycles. The first-order chi connectivity index (χ1) is 8.54. The van der Waals surface area contributed by atoms with Gasteiger partial charge < -0.3 is 15.1 Å². The Morgan fingerprint density at radius 2 is 2.06 bits per heavy atom. The monoisotopic (exact) mass is 247 g/mol. The third-order valence-electron chi connectivity index (χ3n) is 2.34. The summed E-state index contributed by atoms with van der Waals surface area (Å²) >= 11 is 0. The number of hydrogen-bond acceptors (Lipinski definition) is 3. The summed E-state index contributed by atoms with van der Waals surface area (Å²) in [4.78, 5) is 23.0. The Kier molecular flexibility index (Phi) is 4.76. The van der Waals surface area contributed by atoms with Crippen LogP contribution >= 0.6 is 0 Å². The lowest BCUT2D eigenvalue weighted by molar-refractivity contribution is -0.136. The van der Waals surface area contributed by atoms with Gasteiger partial charge in [-0.3, -0.25) is 4.79 Å². The van der Waals surface area contributed by atoms with E-state index in [1.807, 2.05) is 0 Å². The zero-order chi connectivity index (χ0) is 13.5. The van der Waals surface area contributed by atoms with Gasteiger partial charge in [-0.2, -0.15) is 0 Å². The summed E-state index contributed by atoms with van der Waals surface area (Å²) in [6.07, 6.45) is 5.16. The minimum atomic E-state index is -1.03. The topological polar surface area (TPSA) is 77.8 Å². The number of benzene rings is 1. The van der Waals surface area contributed by atoms with Crippen molar-refractivity contribution in [2.45, 2.75) is 6.42 Å². The molecule has 1 aromatic carbocycles. The van der Waals surface area contributed by atoms with Crippen LogP contribution in [-0.2, 0) is 4.79 Å². The predicted molar refractivity (Wildman–Crippen MR) is 66.7 cm³/mol. The largest absolute Gasteiger partial charge is 0.481 e. The van der Waals surface area contributed by atoms with Gasteiger partial charge >= 0.3 is 11.9 Å². The Bertz CT molecular complexity index is 490. The maximum atomic E-state index is 10.8. The Morgan fingerprint density at radius 1 is 1.33 bits per heavy atom. The summed E-state index contributed by atoms with van der Waals surface area (Å²) in [7, 11) is 0. The molecule has 0 radical (unpaired) electrons. The van der Waals surface area contributed by atoms with E-state index < -0.39 is 11.9 Å². The molecule has 0 heterocycles. The third-order valence-corrected chi connectivity index (χ3v) is 2.34. The van der Waals surface area contributed by atoms with Gasteiger partial charge in [0.2, 0.25) is 0 Å². The maximum absolute atomic E-state index is 10.8. The molecule has 18 heavy (non-hydrogen) atoms. The SMILES string of the molecule is C#CCN(CCC(=O)O)c1cccc(C(=O)O)c1. The molecule has 0 saturated carbocycles. The first kappa shape index (κ1) is 13.6. The van der Waals surface area contributed by atoms with Crippen LogP contribution in [0.2, 0.25) is 0 Å². The van der Waals surface area contributed by atoms with Crippen LogP contribution in [0.4, 0.5) is 5.69 Å². The Labute approximate surface area is 105 Å². The van der Waals surface area contributed by atoms with Crippen LogP contribution < -0.4 is 4.90 Å². The standard InChI is InChI=1S/C13H13NO4/c1-2-7-14(8-6-12(15)16)11-5-3-4-10(9-11)13(17)18/h1,3-5,9H,6-8H2,(H,15,16)(H,17,18). The molecule has 0 saturated heterocycles. The van der Waals surface area contributed by atoms with Crippen molar-refractivity contribution in [3.8, 4) is 12.3 Å². The minimum Gasteiger partial charge on any atom is -0.481 e. The normalized spacial score (nSPS) is 9.50. The molecular formula is C13H13NO4. The van der Waals surface area contributed by atoms with Crippen LogP contribution in [0.25, 0.3) is 0 Å². The van der Waals surface area contributed by atoms with Crippen molar-refractivity contribution in [2.24, 2.45) is 0 Å². The fourth-order valence-corrected chi connectivity index (χ4v) is 1.48. The second-order valence-corrected chi connectivity index (χ2v) is 3.62. The molecule has 1 rings (SSSR count). The molecule has 0 spiro atoms. The van der Waals surface area contributed by atoms with Gasteiger partial charge in [-0.15, -0.1) is 6.42 Å². The maximum Gasteiger partial charge on any atom is 0.335 e. The fraction of sp³-hybridized carbons (Fsp3) is 0.231. The summed E-state index contributed by atoms with van der Waals surface area (Å²) in [5.74, 6) is 0.468. The van der Waals surface area contributed by atoms with E-state index >= 15 is 0 Å². The summed E-state index contributed by atoms with van der Waals surface area (Å²) in [5.41, 5.74) is 0.749. The number of aromatic carboxylic acids is 1. The molecule has 1 aromatic rings. The second kappa shape index (κ2) is 6.30. The molecule has 0 atom stereocenters. The van der Waals surface area contributed by atoms with Crippen LogP contribution in [0.3, 0.4) is 0 Å². The number of anilines is 1. The average molecular weight is 247 g/mol. The fourth-order valence-electron chi connectivity index (χ4n) is 1.48. The van der Waals surface area contributed by atoms with Gasteiger partial charge in [0.25, 0.3) is 0 Å². The number of aliphatic carboxylic acids is 1. The number of terminal acetylenes is 1. The highest BCUT2D eigenvalue weighted by atomic mass is 16.4. The van der Waals surface area contributed by atoms with E-state index in [-0.39, 0.29) is 25.1 Å². The van der Waals surface area contributed by atoms with Crippen LogP contribution in [0, 0.1) is 12.3 Å². The quantitative estimate of drug-likeness (QED) is 0.741. The zero-order valence-corrected chi connectivity index (χ0v) is 9.67. The number of carboxylic acid groups (broad SMARTS) is 2. The van der Waals surface area contributed by atoms with E-state index in [2.05, 4.69) is 5.92 Å². The number of rotatable bonds is 6. The van der Waals surface area contributed by atoms with E-state index in [0.29, 0.717) is 5.69 Å². The first-order valence-electron chi connectivity index (χ1n) is 5.28. The first-order valence-corrected chi connectivity index (χ1v) is 5.28. The molecule has 5 nitrogen and oxygen atoms in total. The Balaban J connectivity index is 2.91. The summed E-state index contributed by atoms with van der Waals surface area (Å²) in [6.45, 7) is 0.471. The van der Waals surface area contributed by atoms with Crippen molar-refractivity contribution in [1.82, 2.24) is 0 Å². The number of hydrogen-bond donors (Lipinski definition) is 2. The van der Waals surface area contributed by atoms with Gasteiger partial charge in [-0.05, 0) is 18.2 Å².